The Morgan fingerprint density at radius 1 is 1.26 bits per heavy atom. The molecule has 0 unspecified atom stereocenters. The van der Waals surface area contributed by atoms with Gasteiger partial charge in [0.1, 0.15) is 5.82 Å². The Hall–Kier alpha value is -2.77. The van der Waals surface area contributed by atoms with Gasteiger partial charge in [0.25, 0.3) is 0 Å². The van der Waals surface area contributed by atoms with Crippen LogP contribution in [0, 0.1) is 5.82 Å². The van der Waals surface area contributed by atoms with Crippen LogP contribution in [0.4, 0.5) is 9.52 Å². The number of nitrogens with zero attached hydrogens (tertiary/aromatic N) is 2. The van der Waals surface area contributed by atoms with Crippen molar-refractivity contribution in [2.75, 3.05) is 5.32 Å². The standard InChI is InChI=1S/C19H13ClFN3O2S/c20-13-4-2-1-3-12(13)15-10-22-18(26-15)8-7-17(25)24-19-23-14-6-5-11(21)9-16(14)27-19/h1-6,9-10H,7-8H2,(H,23,24,25). The van der Waals surface area contributed by atoms with E-state index in [1.165, 1.54) is 23.5 Å². The first-order chi connectivity index (χ1) is 13.1. The minimum Gasteiger partial charge on any atom is -0.441 e. The molecule has 0 aliphatic heterocycles. The lowest BCUT2D eigenvalue weighted by Crippen LogP contribution is -2.12. The van der Waals surface area contributed by atoms with Gasteiger partial charge in [0.15, 0.2) is 16.8 Å². The SMILES string of the molecule is O=C(CCc1ncc(-c2ccccc2Cl)o1)Nc1nc2ccc(F)cc2s1. The lowest BCUT2D eigenvalue weighted by Gasteiger charge is -2.00. The third kappa shape index (κ3) is 3.99. The highest BCUT2D eigenvalue weighted by atomic mass is 35.5. The molecule has 0 spiro atoms. The van der Waals surface area contributed by atoms with E-state index in [9.17, 15) is 9.18 Å². The second-order valence-electron chi connectivity index (χ2n) is 5.78. The third-order valence-electron chi connectivity index (χ3n) is 3.86. The highest BCUT2D eigenvalue weighted by Gasteiger charge is 2.12. The number of amides is 1. The molecular formula is C19H13ClFN3O2S. The van der Waals surface area contributed by atoms with Crippen molar-refractivity contribution in [2.45, 2.75) is 12.8 Å². The Morgan fingerprint density at radius 3 is 2.96 bits per heavy atom. The van der Waals surface area contributed by atoms with Crippen LogP contribution in [0.2, 0.25) is 5.02 Å². The minimum atomic E-state index is -0.331. The van der Waals surface area contributed by atoms with E-state index in [4.69, 9.17) is 16.0 Å². The molecule has 2 aromatic carbocycles. The van der Waals surface area contributed by atoms with E-state index < -0.39 is 0 Å². The Balaban J connectivity index is 1.38. The van der Waals surface area contributed by atoms with Crippen molar-refractivity contribution in [1.29, 1.82) is 0 Å². The smallest absolute Gasteiger partial charge is 0.226 e. The van der Waals surface area contributed by atoms with Crippen molar-refractivity contribution < 1.29 is 13.6 Å². The Kier molecular flexibility index (Phi) is 4.87. The van der Waals surface area contributed by atoms with Crippen LogP contribution in [0.5, 0.6) is 0 Å². The molecule has 27 heavy (non-hydrogen) atoms. The number of aromatic nitrogens is 2. The van der Waals surface area contributed by atoms with Crippen LogP contribution >= 0.6 is 22.9 Å². The number of hydrogen-bond donors (Lipinski definition) is 1. The van der Waals surface area contributed by atoms with Crippen LogP contribution in [0.25, 0.3) is 21.5 Å². The Labute approximate surface area is 162 Å². The first kappa shape index (κ1) is 17.6. The summed E-state index contributed by atoms with van der Waals surface area (Å²) in [5, 5.41) is 3.73. The van der Waals surface area contributed by atoms with Gasteiger partial charge in [-0.3, -0.25) is 4.79 Å². The van der Waals surface area contributed by atoms with Gasteiger partial charge in [0, 0.05) is 18.4 Å². The average Bonchev–Trinajstić information content (AvgIpc) is 3.26. The van der Waals surface area contributed by atoms with Crippen LogP contribution in [0.15, 0.2) is 53.1 Å². The normalized spacial score (nSPS) is 11.0. The number of aryl methyl sites for hydroxylation is 1. The largest absolute Gasteiger partial charge is 0.441 e. The molecule has 2 heterocycles. The fourth-order valence-electron chi connectivity index (χ4n) is 2.57. The Bertz CT molecular complexity index is 1130. The molecule has 0 bridgehead atoms. The lowest BCUT2D eigenvalue weighted by molar-refractivity contribution is -0.116. The molecule has 136 valence electrons. The quantitative estimate of drug-likeness (QED) is 0.491. The molecule has 0 saturated heterocycles. The number of nitrogens with one attached hydrogen (secondary N) is 1. The van der Waals surface area contributed by atoms with Crippen molar-refractivity contribution in [3.8, 4) is 11.3 Å². The van der Waals surface area contributed by atoms with E-state index in [0.29, 0.717) is 38.4 Å². The number of thiazole rings is 1. The maximum absolute atomic E-state index is 13.2. The molecule has 2 aromatic heterocycles. The molecule has 0 atom stereocenters. The lowest BCUT2D eigenvalue weighted by atomic mass is 10.2. The predicted octanol–water partition coefficient (Wildman–Crippen LogP) is 5.32. The van der Waals surface area contributed by atoms with Crippen LogP contribution in [-0.4, -0.2) is 15.9 Å². The van der Waals surface area contributed by atoms with E-state index in [1.807, 2.05) is 18.2 Å². The number of hydrogen-bond acceptors (Lipinski definition) is 5. The molecule has 0 radical (unpaired) electrons. The van der Waals surface area contributed by atoms with Gasteiger partial charge in [-0.2, -0.15) is 0 Å². The number of fused-ring (bicyclic) bond motifs is 1. The van der Waals surface area contributed by atoms with Crippen LogP contribution < -0.4 is 5.32 Å². The highest BCUT2D eigenvalue weighted by molar-refractivity contribution is 7.22. The first-order valence-electron chi connectivity index (χ1n) is 8.14. The molecule has 5 nitrogen and oxygen atoms in total. The van der Waals surface area contributed by atoms with Gasteiger partial charge in [-0.1, -0.05) is 35.1 Å². The summed E-state index contributed by atoms with van der Waals surface area (Å²) in [7, 11) is 0. The topological polar surface area (TPSA) is 68.0 Å². The summed E-state index contributed by atoms with van der Waals surface area (Å²) in [6.07, 6.45) is 2.12. The second kappa shape index (κ2) is 7.46. The molecule has 0 aliphatic rings. The van der Waals surface area contributed by atoms with Crippen molar-refractivity contribution in [3.63, 3.8) is 0 Å². The number of benzene rings is 2. The summed E-state index contributed by atoms with van der Waals surface area (Å²) in [5.74, 6) is 0.463. The maximum Gasteiger partial charge on any atom is 0.226 e. The molecule has 0 fully saturated rings. The van der Waals surface area contributed by atoms with E-state index in [1.54, 1.807) is 18.3 Å². The van der Waals surface area contributed by atoms with Crippen LogP contribution in [0.1, 0.15) is 12.3 Å². The van der Waals surface area contributed by atoms with Gasteiger partial charge in [0.05, 0.1) is 21.4 Å². The second-order valence-corrected chi connectivity index (χ2v) is 7.22. The molecular weight excluding hydrogens is 389 g/mol. The summed E-state index contributed by atoms with van der Waals surface area (Å²) in [6, 6.07) is 11.6. The van der Waals surface area contributed by atoms with E-state index in [2.05, 4.69) is 15.3 Å². The number of carbonyl (C=O) groups excluding carboxylic acids is 1. The highest BCUT2D eigenvalue weighted by Crippen LogP contribution is 2.29. The molecule has 0 saturated carbocycles. The van der Waals surface area contributed by atoms with Gasteiger partial charge in [-0.15, -0.1) is 0 Å². The first-order valence-corrected chi connectivity index (χ1v) is 9.33. The zero-order valence-electron chi connectivity index (χ0n) is 13.9. The summed E-state index contributed by atoms with van der Waals surface area (Å²) < 4.78 is 19.6. The number of oxazole rings is 1. The summed E-state index contributed by atoms with van der Waals surface area (Å²) in [5.41, 5.74) is 1.40. The van der Waals surface area contributed by atoms with Crippen molar-refractivity contribution in [2.24, 2.45) is 0 Å². The van der Waals surface area contributed by atoms with Crippen molar-refractivity contribution in [3.05, 3.63) is 65.4 Å². The molecule has 1 N–H and O–H groups in total. The number of rotatable bonds is 5. The molecule has 1 amide bonds. The predicted molar refractivity (Wildman–Crippen MR) is 103 cm³/mol. The number of halogens is 2. The van der Waals surface area contributed by atoms with Gasteiger partial charge < -0.3 is 9.73 Å². The minimum absolute atomic E-state index is 0.187. The average molecular weight is 402 g/mol. The summed E-state index contributed by atoms with van der Waals surface area (Å²) in [6.45, 7) is 0. The van der Waals surface area contributed by atoms with E-state index in [-0.39, 0.29) is 18.1 Å². The van der Waals surface area contributed by atoms with Crippen molar-refractivity contribution in [1.82, 2.24) is 9.97 Å². The monoisotopic (exact) mass is 401 g/mol. The van der Waals surface area contributed by atoms with Crippen molar-refractivity contribution >= 4 is 44.2 Å². The van der Waals surface area contributed by atoms with E-state index in [0.717, 1.165) is 5.56 Å². The number of carbonyl (C=O) groups is 1. The number of anilines is 1. The van der Waals surface area contributed by atoms with Gasteiger partial charge >= 0.3 is 0 Å². The molecule has 8 heteroatoms. The fraction of sp³-hybridized carbons (Fsp3) is 0.105. The maximum atomic E-state index is 13.2. The van der Waals surface area contributed by atoms with Crippen LogP contribution in [0.3, 0.4) is 0 Å². The zero-order chi connectivity index (χ0) is 18.8. The summed E-state index contributed by atoms with van der Waals surface area (Å²) >= 11 is 7.38. The van der Waals surface area contributed by atoms with Gasteiger partial charge in [0.2, 0.25) is 5.91 Å². The van der Waals surface area contributed by atoms with Gasteiger partial charge in [-0.05, 0) is 30.3 Å². The molecule has 0 aliphatic carbocycles. The van der Waals surface area contributed by atoms with Gasteiger partial charge in [-0.25, -0.2) is 14.4 Å². The van der Waals surface area contributed by atoms with E-state index >= 15 is 0 Å². The zero-order valence-corrected chi connectivity index (χ0v) is 15.5. The molecule has 4 aromatic rings. The third-order valence-corrected chi connectivity index (χ3v) is 5.12. The van der Waals surface area contributed by atoms with Crippen LogP contribution in [-0.2, 0) is 11.2 Å². The fourth-order valence-corrected chi connectivity index (χ4v) is 3.70. The Morgan fingerprint density at radius 2 is 2.11 bits per heavy atom. The summed E-state index contributed by atoms with van der Waals surface area (Å²) in [4.78, 5) is 20.6. The molecule has 4 rings (SSSR count).